The molecule has 0 aromatic carbocycles. The quantitative estimate of drug-likeness (QED) is 0.349. The number of nitrogens with zero attached hydrogens (tertiary/aromatic N) is 1. The lowest BCUT2D eigenvalue weighted by Crippen LogP contribution is -2.19. The number of hydrogen-bond donors (Lipinski definition) is 0. The molecule has 1 aliphatic carbocycles. The maximum absolute atomic E-state index is 4.31. The smallest absolute Gasteiger partial charge is 0.293 e. The molecule has 1 nitrogen and oxygen atoms in total. The second kappa shape index (κ2) is 10.3. The van der Waals surface area contributed by atoms with Gasteiger partial charge in [0, 0.05) is 12.8 Å². The lowest BCUT2D eigenvalue weighted by atomic mass is 9.72. The van der Waals surface area contributed by atoms with E-state index in [0.29, 0.717) is 5.41 Å². The minimum Gasteiger partial charge on any atom is -0.293 e. The summed E-state index contributed by atoms with van der Waals surface area (Å²) in [6.45, 7) is 14.3. The first-order chi connectivity index (χ1) is 11.4. The van der Waals surface area contributed by atoms with E-state index in [4.69, 9.17) is 0 Å². The van der Waals surface area contributed by atoms with Gasteiger partial charge in [0.25, 0.3) is 0 Å². The first-order valence-electron chi connectivity index (χ1n) is 9.27. The van der Waals surface area contributed by atoms with Gasteiger partial charge in [0.2, 0.25) is 0 Å². The Balaban J connectivity index is 0.00000576. The molecule has 0 saturated heterocycles. The predicted molar refractivity (Wildman–Crippen MR) is 111 cm³/mol. The van der Waals surface area contributed by atoms with Crippen LogP contribution in [-0.4, -0.2) is 12.8 Å². The van der Waals surface area contributed by atoms with Gasteiger partial charge in [-0.1, -0.05) is 62.3 Å². The highest BCUT2D eigenvalue weighted by Crippen LogP contribution is 2.40. The third-order valence-corrected chi connectivity index (χ3v) is 4.57. The molecule has 0 atom stereocenters. The largest absolute Gasteiger partial charge is 1.00 e. The van der Waals surface area contributed by atoms with Gasteiger partial charge in [-0.2, -0.15) is 0 Å². The van der Waals surface area contributed by atoms with Crippen molar-refractivity contribution in [1.29, 1.82) is 0 Å². The third kappa shape index (κ3) is 7.29. The molecule has 24 heavy (non-hydrogen) atoms. The SMILES string of the molecule is CCCN=C/C=C(C)/C=C/C=C(C)/C=C/C1=C(C)CCCC1(C)C.[H+]. The Morgan fingerprint density at radius 3 is 2.54 bits per heavy atom. The average molecular weight is 327 g/mol. The number of aliphatic imine (C=N–C) groups is 1. The van der Waals surface area contributed by atoms with Crippen molar-refractivity contribution in [2.45, 2.75) is 67.2 Å². The summed E-state index contributed by atoms with van der Waals surface area (Å²) in [7, 11) is 0. The Morgan fingerprint density at radius 2 is 1.88 bits per heavy atom. The molecule has 0 fully saturated rings. The van der Waals surface area contributed by atoms with Gasteiger partial charge in [-0.3, -0.25) is 4.99 Å². The van der Waals surface area contributed by atoms with Crippen LogP contribution in [0.1, 0.15) is 68.7 Å². The molecule has 0 aromatic heterocycles. The highest BCUT2D eigenvalue weighted by atomic mass is 14.7. The summed E-state index contributed by atoms with van der Waals surface area (Å²) < 4.78 is 0. The summed E-state index contributed by atoms with van der Waals surface area (Å²) in [6.07, 6.45) is 19.9. The fourth-order valence-electron chi connectivity index (χ4n) is 3.06. The van der Waals surface area contributed by atoms with Crippen molar-refractivity contribution in [3.63, 3.8) is 0 Å². The molecule has 0 N–H and O–H groups in total. The predicted octanol–water partition coefficient (Wildman–Crippen LogP) is 7.11. The Bertz CT molecular complexity index is 583. The maximum atomic E-state index is 4.31. The van der Waals surface area contributed by atoms with E-state index in [1.807, 2.05) is 6.21 Å². The van der Waals surface area contributed by atoms with Crippen LogP contribution in [-0.2, 0) is 0 Å². The average Bonchev–Trinajstić information content (AvgIpc) is 2.50. The van der Waals surface area contributed by atoms with Crippen LogP contribution in [0.3, 0.4) is 0 Å². The molecule has 132 valence electrons. The molecule has 0 amide bonds. The van der Waals surface area contributed by atoms with Gasteiger partial charge in [0.05, 0.1) is 0 Å². The van der Waals surface area contributed by atoms with Crippen LogP contribution in [0.2, 0.25) is 0 Å². The zero-order valence-electron chi connectivity index (χ0n) is 17.5. The molecule has 0 aliphatic heterocycles. The van der Waals surface area contributed by atoms with Crippen molar-refractivity contribution in [3.05, 3.63) is 58.7 Å². The molecule has 1 rings (SSSR count). The van der Waals surface area contributed by atoms with Crippen LogP contribution < -0.4 is 0 Å². The second-order valence-electron chi connectivity index (χ2n) is 7.50. The molecule has 0 unspecified atom stereocenters. The standard InChI is InChI=1S/C23H35N/c1-7-17-24-18-15-20(3)11-8-10-19(2)13-14-22-21(4)12-9-16-23(22,5)6/h8,10-11,13-15,18H,7,9,12,16-17H2,1-6H3/p+1/b11-8+,14-13+,19-10+,20-15+,24-18?. The second-order valence-corrected chi connectivity index (χ2v) is 7.50. The normalized spacial score (nSPS) is 20.1. The lowest BCUT2D eigenvalue weighted by Gasteiger charge is -2.32. The van der Waals surface area contributed by atoms with E-state index in [2.05, 4.69) is 83.0 Å². The highest BCUT2D eigenvalue weighted by Gasteiger charge is 2.26. The van der Waals surface area contributed by atoms with Gasteiger partial charge in [-0.25, -0.2) is 0 Å². The summed E-state index contributed by atoms with van der Waals surface area (Å²) >= 11 is 0. The van der Waals surface area contributed by atoms with Gasteiger partial charge < -0.3 is 0 Å². The number of rotatable bonds is 7. The number of hydrogen-bond acceptors (Lipinski definition) is 1. The zero-order valence-corrected chi connectivity index (χ0v) is 16.5. The van der Waals surface area contributed by atoms with Gasteiger partial charge >= 0.3 is 1.43 Å². The fraction of sp³-hybridized carbons (Fsp3) is 0.522. The molecule has 0 saturated carbocycles. The molecule has 1 aliphatic rings. The van der Waals surface area contributed by atoms with E-state index in [9.17, 15) is 0 Å². The van der Waals surface area contributed by atoms with Crippen LogP contribution in [0.4, 0.5) is 0 Å². The summed E-state index contributed by atoms with van der Waals surface area (Å²) in [5, 5.41) is 0. The van der Waals surface area contributed by atoms with Crippen LogP contribution >= 0.6 is 0 Å². The number of allylic oxidation sites excluding steroid dienone is 10. The van der Waals surface area contributed by atoms with Crippen molar-refractivity contribution < 1.29 is 1.43 Å². The van der Waals surface area contributed by atoms with Gasteiger partial charge in [-0.05, 0) is 69.1 Å². The Kier molecular flexibility index (Phi) is 8.74. The molecular formula is C23H36N+. The minimum atomic E-state index is 0. The van der Waals surface area contributed by atoms with Gasteiger partial charge in [-0.15, -0.1) is 0 Å². The molecule has 0 bridgehead atoms. The van der Waals surface area contributed by atoms with Gasteiger partial charge in [0.15, 0.2) is 0 Å². The van der Waals surface area contributed by atoms with Crippen molar-refractivity contribution in [3.8, 4) is 0 Å². The highest BCUT2D eigenvalue weighted by molar-refractivity contribution is 5.72. The summed E-state index contributed by atoms with van der Waals surface area (Å²) in [5.41, 5.74) is 5.88. The van der Waals surface area contributed by atoms with Crippen molar-refractivity contribution in [1.82, 2.24) is 0 Å². The summed E-state index contributed by atoms with van der Waals surface area (Å²) in [6, 6.07) is 0. The topological polar surface area (TPSA) is 12.4 Å². The molecule has 0 spiro atoms. The van der Waals surface area contributed by atoms with Crippen LogP contribution in [0.15, 0.2) is 63.7 Å². The fourth-order valence-corrected chi connectivity index (χ4v) is 3.06. The Morgan fingerprint density at radius 1 is 1.17 bits per heavy atom. The van der Waals surface area contributed by atoms with E-state index < -0.39 is 0 Å². The monoisotopic (exact) mass is 326 g/mol. The van der Waals surface area contributed by atoms with Crippen molar-refractivity contribution >= 4 is 6.21 Å². The molecule has 0 aromatic rings. The van der Waals surface area contributed by atoms with E-state index in [1.54, 1.807) is 5.57 Å². The van der Waals surface area contributed by atoms with E-state index in [0.717, 1.165) is 13.0 Å². The van der Waals surface area contributed by atoms with E-state index >= 15 is 0 Å². The summed E-state index contributed by atoms with van der Waals surface area (Å²) in [4.78, 5) is 4.31. The zero-order chi connectivity index (χ0) is 18.0. The van der Waals surface area contributed by atoms with Crippen LogP contribution in [0, 0.1) is 5.41 Å². The first-order valence-corrected chi connectivity index (χ1v) is 9.27. The minimum absolute atomic E-state index is 0. The van der Waals surface area contributed by atoms with Gasteiger partial charge in [0.1, 0.15) is 0 Å². The van der Waals surface area contributed by atoms with Crippen LogP contribution in [0.25, 0.3) is 0 Å². The molecule has 0 heterocycles. The van der Waals surface area contributed by atoms with E-state index in [1.165, 1.54) is 36.0 Å². The molecule has 0 radical (unpaired) electrons. The Labute approximate surface area is 151 Å². The van der Waals surface area contributed by atoms with E-state index in [-0.39, 0.29) is 1.43 Å². The Hall–Kier alpha value is -1.63. The third-order valence-electron chi connectivity index (χ3n) is 4.57. The van der Waals surface area contributed by atoms with Crippen molar-refractivity contribution in [2.75, 3.05) is 6.54 Å². The molecule has 1 heteroatoms. The maximum Gasteiger partial charge on any atom is 1.00 e. The van der Waals surface area contributed by atoms with Crippen LogP contribution in [0.5, 0.6) is 0 Å². The van der Waals surface area contributed by atoms with Crippen molar-refractivity contribution in [2.24, 2.45) is 10.4 Å². The summed E-state index contributed by atoms with van der Waals surface area (Å²) in [5.74, 6) is 0. The first kappa shape index (κ1) is 20.4. The lowest BCUT2D eigenvalue weighted by molar-refractivity contribution is 0.377. The molecular weight excluding hydrogens is 290 g/mol.